The van der Waals surface area contributed by atoms with Crippen molar-refractivity contribution in [2.24, 2.45) is 0 Å². The highest BCUT2D eigenvalue weighted by atomic mass is 16.2. The molecule has 27 heavy (non-hydrogen) atoms. The van der Waals surface area contributed by atoms with Crippen molar-refractivity contribution in [1.82, 2.24) is 24.5 Å². The molecule has 0 aliphatic rings. The molecule has 136 valence electrons. The van der Waals surface area contributed by atoms with E-state index in [9.17, 15) is 9.59 Å². The number of carbonyl (C=O) groups excluding carboxylic acids is 1. The SMILES string of the molecule is CCCn1nc(C(=O)NCc2cn3ccccc3n2)c2ccccc2c1=O. The van der Waals surface area contributed by atoms with Crippen molar-refractivity contribution in [2.75, 3.05) is 0 Å². The molecule has 0 saturated carbocycles. The lowest BCUT2D eigenvalue weighted by atomic mass is 10.1. The summed E-state index contributed by atoms with van der Waals surface area (Å²) in [4.78, 5) is 29.8. The quantitative estimate of drug-likeness (QED) is 0.592. The number of amides is 1. The lowest BCUT2D eigenvalue weighted by Crippen LogP contribution is -2.30. The van der Waals surface area contributed by atoms with Gasteiger partial charge in [-0.15, -0.1) is 0 Å². The van der Waals surface area contributed by atoms with Gasteiger partial charge in [-0.2, -0.15) is 5.10 Å². The number of pyridine rings is 1. The van der Waals surface area contributed by atoms with E-state index in [0.717, 1.165) is 17.8 Å². The average Bonchev–Trinajstić information content (AvgIpc) is 3.11. The molecule has 1 N–H and O–H groups in total. The van der Waals surface area contributed by atoms with Crippen molar-refractivity contribution in [3.63, 3.8) is 0 Å². The zero-order valence-corrected chi connectivity index (χ0v) is 14.9. The maximum Gasteiger partial charge on any atom is 0.274 e. The van der Waals surface area contributed by atoms with Gasteiger partial charge in [-0.25, -0.2) is 9.67 Å². The van der Waals surface area contributed by atoms with Crippen LogP contribution in [0.25, 0.3) is 16.4 Å². The van der Waals surface area contributed by atoms with Crippen LogP contribution in [0.15, 0.2) is 59.7 Å². The third-order valence-corrected chi connectivity index (χ3v) is 4.36. The molecule has 0 bridgehead atoms. The smallest absolute Gasteiger partial charge is 0.274 e. The van der Waals surface area contributed by atoms with Gasteiger partial charge in [-0.3, -0.25) is 9.59 Å². The summed E-state index contributed by atoms with van der Waals surface area (Å²) in [5.74, 6) is -0.326. The highest BCUT2D eigenvalue weighted by Crippen LogP contribution is 2.13. The number of nitrogens with zero attached hydrogens (tertiary/aromatic N) is 4. The van der Waals surface area contributed by atoms with E-state index in [1.165, 1.54) is 4.68 Å². The fourth-order valence-electron chi connectivity index (χ4n) is 3.09. The molecule has 4 aromatic rings. The van der Waals surface area contributed by atoms with Crippen LogP contribution in [0.5, 0.6) is 0 Å². The average molecular weight is 361 g/mol. The van der Waals surface area contributed by atoms with Gasteiger partial charge >= 0.3 is 0 Å². The first-order valence-corrected chi connectivity index (χ1v) is 8.88. The Balaban J connectivity index is 1.65. The minimum Gasteiger partial charge on any atom is -0.345 e. The van der Waals surface area contributed by atoms with E-state index in [1.807, 2.05) is 41.9 Å². The van der Waals surface area contributed by atoms with Gasteiger partial charge in [-0.05, 0) is 24.6 Å². The van der Waals surface area contributed by atoms with Gasteiger partial charge in [0.05, 0.1) is 17.6 Å². The molecule has 0 unspecified atom stereocenters. The molecule has 0 spiro atoms. The first-order valence-electron chi connectivity index (χ1n) is 8.88. The second-order valence-electron chi connectivity index (χ2n) is 6.30. The predicted octanol–water partition coefficient (Wildman–Crippen LogP) is 2.38. The van der Waals surface area contributed by atoms with Crippen LogP contribution in [0.2, 0.25) is 0 Å². The summed E-state index contributed by atoms with van der Waals surface area (Å²) in [5, 5.41) is 8.23. The Morgan fingerprint density at radius 3 is 2.67 bits per heavy atom. The third-order valence-electron chi connectivity index (χ3n) is 4.36. The molecule has 0 aliphatic heterocycles. The Morgan fingerprint density at radius 2 is 1.89 bits per heavy atom. The highest BCUT2D eigenvalue weighted by molar-refractivity contribution is 6.04. The largest absolute Gasteiger partial charge is 0.345 e. The van der Waals surface area contributed by atoms with E-state index in [-0.39, 0.29) is 23.7 Å². The number of nitrogens with one attached hydrogen (secondary N) is 1. The molecule has 3 aromatic heterocycles. The van der Waals surface area contributed by atoms with Crippen LogP contribution in [0, 0.1) is 0 Å². The fourth-order valence-corrected chi connectivity index (χ4v) is 3.09. The topological polar surface area (TPSA) is 81.3 Å². The van der Waals surface area contributed by atoms with Crippen molar-refractivity contribution in [3.8, 4) is 0 Å². The van der Waals surface area contributed by atoms with Crippen LogP contribution >= 0.6 is 0 Å². The molecular weight excluding hydrogens is 342 g/mol. The monoisotopic (exact) mass is 361 g/mol. The first-order chi connectivity index (χ1) is 13.2. The van der Waals surface area contributed by atoms with Gasteiger partial charge in [0.1, 0.15) is 5.65 Å². The molecule has 0 saturated heterocycles. The van der Waals surface area contributed by atoms with E-state index in [4.69, 9.17) is 0 Å². The summed E-state index contributed by atoms with van der Waals surface area (Å²) >= 11 is 0. The van der Waals surface area contributed by atoms with Crippen LogP contribution in [-0.2, 0) is 13.1 Å². The third kappa shape index (κ3) is 3.19. The molecular formula is C20H19N5O2. The van der Waals surface area contributed by atoms with Crippen LogP contribution in [0.4, 0.5) is 0 Å². The van der Waals surface area contributed by atoms with Crippen LogP contribution in [0.3, 0.4) is 0 Å². The Morgan fingerprint density at radius 1 is 1.11 bits per heavy atom. The van der Waals surface area contributed by atoms with E-state index in [1.54, 1.807) is 24.3 Å². The van der Waals surface area contributed by atoms with Crippen LogP contribution < -0.4 is 10.9 Å². The summed E-state index contributed by atoms with van der Waals surface area (Å²) in [6, 6.07) is 12.8. The zero-order valence-electron chi connectivity index (χ0n) is 14.9. The number of aromatic nitrogens is 4. The van der Waals surface area contributed by atoms with Gasteiger partial charge in [0.2, 0.25) is 0 Å². The van der Waals surface area contributed by atoms with Gasteiger partial charge < -0.3 is 9.72 Å². The summed E-state index contributed by atoms with van der Waals surface area (Å²) in [7, 11) is 0. The summed E-state index contributed by atoms with van der Waals surface area (Å²) in [5.41, 5.74) is 1.65. The molecule has 4 rings (SSSR count). The Hall–Kier alpha value is -3.48. The number of aryl methyl sites for hydroxylation is 1. The Bertz CT molecular complexity index is 1160. The predicted molar refractivity (Wildman–Crippen MR) is 103 cm³/mol. The molecule has 1 amide bonds. The highest BCUT2D eigenvalue weighted by Gasteiger charge is 2.16. The summed E-state index contributed by atoms with van der Waals surface area (Å²) in [6.07, 6.45) is 4.54. The van der Waals surface area contributed by atoms with Crippen LogP contribution in [0.1, 0.15) is 29.5 Å². The lowest BCUT2D eigenvalue weighted by molar-refractivity contribution is 0.0945. The maximum absolute atomic E-state index is 12.8. The van der Waals surface area contributed by atoms with Crippen molar-refractivity contribution in [2.45, 2.75) is 26.4 Å². The van der Waals surface area contributed by atoms with Crippen molar-refractivity contribution in [1.29, 1.82) is 0 Å². The second-order valence-corrected chi connectivity index (χ2v) is 6.30. The number of hydrogen-bond donors (Lipinski definition) is 1. The van der Waals surface area contributed by atoms with Crippen molar-refractivity contribution < 1.29 is 4.79 Å². The maximum atomic E-state index is 12.8. The molecule has 3 heterocycles. The number of benzene rings is 1. The molecule has 0 fully saturated rings. The standard InChI is InChI=1S/C20H19N5O2/c1-2-10-25-20(27)16-8-4-3-7-15(16)18(23-25)19(26)21-12-14-13-24-11-6-5-9-17(24)22-14/h3-9,11,13H,2,10,12H2,1H3,(H,21,26). The number of fused-ring (bicyclic) bond motifs is 2. The first kappa shape index (κ1) is 17.0. The fraction of sp³-hybridized carbons (Fsp3) is 0.200. The molecule has 7 nitrogen and oxygen atoms in total. The van der Waals surface area contributed by atoms with E-state index < -0.39 is 0 Å². The number of imidazole rings is 1. The summed E-state index contributed by atoms with van der Waals surface area (Å²) < 4.78 is 3.26. The van der Waals surface area contributed by atoms with Crippen molar-refractivity contribution in [3.05, 3.63) is 76.6 Å². The minimum atomic E-state index is -0.326. The minimum absolute atomic E-state index is 0.177. The Labute approximate surface area is 155 Å². The van der Waals surface area contributed by atoms with E-state index in [2.05, 4.69) is 15.4 Å². The normalized spacial score (nSPS) is 11.1. The molecule has 1 aromatic carbocycles. The van der Waals surface area contributed by atoms with Crippen molar-refractivity contribution >= 4 is 22.3 Å². The van der Waals surface area contributed by atoms with Crippen LogP contribution in [-0.4, -0.2) is 25.1 Å². The molecule has 0 atom stereocenters. The second kappa shape index (κ2) is 7.03. The zero-order chi connectivity index (χ0) is 18.8. The van der Waals surface area contributed by atoms with Gasteiger partial charge in [-0.1, -0.05) is 31.2 Å². The van der Waals surface area contributed by atoms with Gasteiger partial charge in [0, 0.05) is 24.3 Å². The molecule has 7 heteroatoms. The van der Waals surface area contributed by atoms with Gasteiger partial charge in [0.15, 0.2) is 5.69 Å². The van der Waals surface area contributed by atoms with E-state index in [0.29, 0.717) is 17.3 Å². The summed E-state index contributed by atoms with van der Waals surface area (Å²) in [6.45, 7) is 2.71. The number of rotatable bonds is 5. The number of hydrogen-bond acceptors (Lipinski definition) is 4. The molecule has 0 aliphatic carbocycles. The lowest BCUT2D eigenvalue weighted by Gasteiger charge is -2.10. The Kier molecular flexibility index (Phi) is 4.42. The molecule has 0 radical (unpaired) electrons. The number of carbonyl (C=O) groups is 1. The van der Waals surface area contributed by atoms with E-state index >= 15 is 0 Å². The van der Waals surface area contributed by atoms with Gasteiger partial charge in [0.25, 0.3) is 11.5 Å².